The molecular formula is C15H7NO3. The summed E-state index contributed by atoms with van der Waals surface area (Å²) in [6, 6.07) is 8.92. The molecule has 0 saturated heterocycles. The maximum Gasteiger partial charge on any atom is 0.346 e. The topological polar surface area (TPSA) is 56.3 Å². The van der Waals surface area contributed by atoms with Crippen molar-refractivity contribution in [1.82, 2.24) is 4.98 Å². The molecular weight excluding hydrogens is 242 g/mol. The van der Waals surface area contributed by atoms with Crippen molar-refractivity contribution in [2.24, 2.45) is 0 Å². The highest BCUT2D eigenvalue weighted by Crippen LogP contribution is 2.33. The second kappa shape index (κ2) is 3.38. The van der Waals surface area contributed by atoms with Gasteiger partial charge in [0.1, 0.15) is 0 Å². The summed E-state index contributed by atoms with van der Waals surface area (Å²) < 4.78 is 4.76. The van der Waals surface area contributed by atoms with Crippen molar-refractivity contribution < 1.29 is 14.3 Å². The van der Waals surface area contributed by atoms with Gasteiger partial charge in [-0.3, -0.25) is 4.98 Å². The Kier molecular flexibility index (Phi) is 1.82. The van der Waals surface area contributed by atoms with Crippen LogP contribution in [0.5, 0.6) is 0 Å². The molecule has 0 amide bonds. The molecule has 0 unspecified atom stereocenters. The number of cyclic esters (lactones) is 2. The van der Waals surface area contributed by atoms with E-state index in [1.165, 1.54) is 0 Å². The maximum atomic E-state index is 11.9. The highest BCUT2D eigenvalue weighted by atomic mass is 16.6. The monoisotopic (exact) mass is 249 g/mol. The third-order valence-corrected chi connectivity index (χ3v) is 3.40. The molecule has 0 fully saturated rings. The Morgan fingerprint density at radius 2 is 1.79 bits per heavy atom. The standard InChI is InChI=1S/C15H7NO3/c17-14-10-3-1-2-9-12-7-16-5-4-8(12)6-11(13(9)10)15(18)19-14/h1-7H. The Labute approximate surface area is 107 Å². The van der Waals surface area contributed by atoms with Gasteiger partial charge >= 0.3 is 11.9 Å². The molecule has 4 nitrogen and oxygen atoms in total. The zero-order chi connectivity index (χ0) is 13.0. The fraction of sp³-hybridized carbons (Fsp3) is 0. The Hall–Kier alpha value is -2.75. The van der Waals surface area contributed by atoms with Crippen LogP contribution < -0.4 is 0 Å². The van der Waals surface area contributed by atoms with Crippen LogP contribution in [-0.4, -0.2) is 16.9 Å². The molecule has 0 aliphatic carbocycles. The molecule has 2 heterocycles. The first-order chi connectivity index (χ1) is 9.25. The second-order valence-corrected chi connectivity index (χ2v) is 4.43. The van der Waals surface area contributed by atoms with Gasteiger partial charge in [0, 0.05) is 23.2 Å². The van der Waals surface area contributed by atoms with E-state index in [0.29, 0.717) is 16.5 Å². The minimum atomic E-state index is -0.591. The third-order valence-electron chi connectivity index (χ3n) is 3.40. The summed E-state index contributed by atoms with van der Waals surface area (Å²) in [5, 5.41) is 3.33. The van der Waals surface area contributed by atoms with Crippen LogP contribution in [0.1, 0.15) is 20.7 Å². The first-order valence-corrected chi connectivity index (χ1v) is 5.81. The summed E-state index contributed by atoms with van der Waals surface area (Å²) >= 11 is 0. The van der Waals surface area contributed by atoms with Crippen molar-refractivity contribution in [2.45, 2.75) is 0 Å². The Balaban J connectivity index is 2.34. The molecule has 0 radical (unpaired) electrons. The second-order valence-electron chi connectivity index (χ2n) is 4.43. The van der Waals surface area contributed by atoms with Gasteiger partial charge in [0.05, 0.1) is 11.1 Å². The van der Waals surface area contributed by atoms with Crippen LogP contribution in [0, 0.1) is 0 Å². The highest BCUT2D eigenvalue weighted by molar-refractivity contribution is 6.25. The minimum Gasteiger partial charge on any atom is -0.386 e. The molecule has 4 rings (SSSR count). The number of benzene rings is 2. The third kappa shape index (κ3) is 1.25. The van der Waals surface area contributed by atoms with Crippen molar-refractivity contribution in [2.75, 3.05) is 0 Å². The van der Waals surface area contributed by atoms with Gasteiger partial charge in [0.15, 0.2) is 0 Å². The molecule has 19 heavy (non-hydrogen) atoms. The highest BCUT2D eigenvalue weighted by Gasteiger charge is 2.27. The first-order valence-electron chi connectivity index (χ1n) is 5.81. The molecule has 4 heteroatoms. The number of nitrogens with zero attached hydrogens (tertiary/aromatic N) is 1. The quantitative estimate of drug-likeness (QED) is 0.349. The van der Waals surface area contributed by atoms with Crippen LogP contribution in [-0.2, 0) is 4.74 Å². The van der Waals surface area contributed by atoms with E-state index in [0.717, 1.165) is 16.2 Å². The van der Waals surface area contributed by atoms with Crippen molar-refractivity contribution in [3.63, 3.8) is 0 Å². The molecule has 1 aliphatic heterocycles. The van der Waals surface area contributed by atoms with Crippen molar-refractivity contribution in [3.05, 3.63) is 53.9 Å². The summed E-state index contributed by atoms with van der Waals surface area (Å²) in [7, 11) is 0. The summed E-state index contributed by atoms with van der Waals surface area (Å²) in [5.41, 5.74) is 0.863. The maximum absolute atomic E-state index is 11.9. The Morgan fingerprint density at radius 1 is 0.947 bits per heavy atom. The van der Waals surface area contributed by atoms with E-state index in [9.17, 15) is 9.59 Å². The van der Waals surface area contributed by atoms with Crippen LogP contribution in [0.2, 0.25) is 0 Å². The van der Waals surface area contributed by atoms with E-state index >= 15 is 0 Å². The number of carbonyl (C=O) groups is 2. The number of hydrogen-bond donors (Lipinski definition) is 0. The SMILES string of the molecule is O=C1OC(=O)c2cc3ccncc3c3cccc1c23. The number of hydrogen-bond acceptors (Lipinski definition) is 4. The lowest BCUT2D eigenvalue weighted by atomic mass is 9.93. The number of aromatic nitrogens is 1. The summed E-state index contributed by atoms with van der Waals surface area (Å²) in [6.45, 7) is 0. The van der Waals surface area contributed by atoms with E-state index in [1.807, 2.05) is 12.1 Å². The van der Waals surface area contributed by atoms with E-state index in [4.69, 9.17) is 4.74 Å². The number of pyridine rings is 1. The van der Waals surface area contributed by atoms with Crippen LogP contribution in [0.15, 0.2) is 42.7 Å². The first kappa shape index (κ1) is 10.2. The number of esters is 2. The van der Waals surface area contributed by atoms with Crippen LogP contribution in [0.4, 0.5) is 0 Å². The molecule has 0 bridgehead atoms. The Bertz CT molecular complexity index is 883. The number of ether oxygens (including phenoxy) is 1. The normalized spacial score (nSPS) is 13.9. The molecule has 0 spiro atoms. The molecule has 3 aromatic rings. The van der Waals surface area contributed by atoms with E-state index in [1.54, 1.807) is 30.6 Å². The number of fused-ring (bicyclic) bond motifs is 2. The minimum absolute atomic E-state index is 0.429. The largest absolute Gasteiger partial charge is 0.386 e. The number of carbonyl (C=O) groups excluding carboxylic acids is 2. The molecule has 1 aromatic heterocycles. The predicted molar refractivity (Wildman–Crippen MR) is 69.0 cm³/mol. The lowest BCUT2D eigenvalue weighted by molar-refractivity contribution is 0.0391. The fourth-order valence-corrected chi connectivity index (χ4v) is 2.58. The fourth-order valence-electron chi connectivity index (χ4n) is 2.58. The van der Waals surface area contributed by atoms with E-state index < -0.39 is 11.9 Å². The van der Waals surface area contributed by atoms with E-state index in [2.05, 4.69) is 4.98 Å². The van der Waals surface area contributed by atoms with Crippen molar-refractivity contribution in [1.29, 1.82) is 0 Å². The molecule has 2 aromatic carbocycles. The van der Waals surface area contributed by atoms with Gasteiger partial charge in [-0.2, -0.15) is 0 Å². The molecule has 0 atom stereocenters. The molecule has 1 aliphatic rings. The van der Waals surface area contributed by atoms with Gasteiger partial charge in [-0.25, -0.2) is 9.59 Å². The van der Waals surface area contributed by atoms with Crippen molar-refractivity contribution >= 4 is 33.5 Å². The predicted octanol–water partition coefficient (Wildman–Crippen LogP) is 2.70. The van der Waals surface area contributed by atoms with Crippen LogP contribution in [0.3, 0.4) is 0 Å². The van der Waals surface area contributed by atoms with Crippen LogP contribution in [0.25, 0.3) is 21.5 Å². The summed E-state index contributed by atoms with van der Waals surface area (Å²) in [5.74, 6) is -1.18. The summed E-state index contributed by atoms with van der Waals surface area (Å²) in [4.78, 5) is 27.7. The zero-order valence-corrected chi connectivity index (χ0v) is 9.71. The molecule has 90 valence electrons. The van der Waals surface area contributed by atoms with Crippen molar-refractivity contribution in [3.8, 4) is 0 Å². The molecule has 0 saturated carbocycles. The van der Waals surface area contributed by atoms with Gasteiger partial charge in [-0.1, -0.05) is 12.1 Å². The van der Waals surface area contributed by atoms with Gasteiger partial charge in [0.2, 0.25) is 0 Å². The lowest BCUT2D eigenvalue weighted by Gasteiger charge is -2.16. The zero-order valence-electron chi connectivity index (χ0n) is 9.71. The summed E-state index contributed by atoms with van der Waals surface area (Å²) in [6.07, 6.45) is 3.41. The molecule has 0 N–H and O–H groups in total. The van der Waals surface area contributed by atoms with Gasteiger partial charge in [0.25, 0.3) is 0 Å². The van der Waals surface area contributed by atoms with E-state index in [-0.39, 0.29) is 0 Å². The number of rotatable bonds is 0. The van der Waals surface area contributed by atoms with Crippen LogP contribution >= 0.6 is 0 Å². The lowest BCUT2D eigenvalue weighted by Crippen LogP contribution is -2.19. The van der Waals surface area contributed by atoms with Gasteiger partial charge in [-0.15, -0.1) is 0 Å². The Morgan fingerprint density at radius 3 is 2.68 bits per heavy atom. The van der Waals surface area contributed by atoms with Gasteiger partial charge < -0.3 is 4.74 Å². The average Bonchev–Trinajstić information content (AvgIpc) is 2.44. The van der Waals surface area contributed by atoms with Gasteiger partial charge in [-0.05, 0) is 29.0 Å². The smallest absolute Gasteiger partial charge is 0.346 e. The average molecular weight is 249 g/mol.